The van der Waals surface area contributed by atoms with Crippen LogP contribution >= 0.6 is 0 Å². The molecule has 0 aliphatic rings. The molecule has 0 rings (SSSR count). The Morgan fingerprint density at radius 3 is 2.40 bits per heavy atom. The molecule has 1 nitrogen and oxygen atoms in total. The van der Waals surface area contributed by atoms with Crippen molar-refractivity contribution in [1.82, 2.24) is 0 Å². The van der Waals surface area contributed by atoms with Gasteiger partial charge in [0, 0.05) is 7.11 Å². The summed E-state index contributed by atoms with van der Waals surface area (Å²) in [5, 5.41) is 0. The summed E-state index contributed by atoms with van der Waals surface area (Å²) in [6.07, 6.45) is 5.55. The molecular weight excluding hydrogens is 147 g/mol. The molecule has 0 unspecified atom stereocenters. The quantitative estimate of drug-likeness (QED) is 0.432. The van der Waals surface area contributed by atoms with E-state index in [1.54, 1.807) is 0 Å². The van der Waals surface area contributed by atoms with Gasteiger partial charge in [0.25, 0.3) is 0 Å². The second-order valence-corrected chi connectivity index (χ2v) is 4.10. The monoisotopic (exact) mass is 166 g/mol. The van der Waals surface area contributed by atoms with Gasteiger partial charge in [-0.1, -0.05) is 32.6 Å². The maximum Gasteiger partial charge on any atom is 0.161 e. The Kier molecular flexibility index (Phi) is 15.1. The van der Waals surface area contributed by atoms with E-state index in [4.69, 9.17) is 4.43 Å². The third kappa shape index (κ3) is 11.0. The number of hydrogen-bond donors (Lipinski definition) is 0. The van der Waals surface area contributed by atoms with Gasteiger partial charge in [0.2, 0.25) is 0 Å². The van der Waals surface area contributed by atoms with E-state index in [9.17, 15) is 0 Å². The van der Waals surface area contributed by atoms with E-state index in [1.807, 2.05) is 7.11 Å². The molecular formula is C7H19FOSi. The molecule has 64 valence electrons. The minimum Gasteiger partial charge on any atom is -0.427 e. The lowest BCUT2D eigenvalue weighted by atomic mass is 10.2. The maximum absolute atomic E-state index is 5.06. The first-order chi connectivity index (χ1) is 4.41. The molecule has 0 aliphatic heterocycles. The Balaban J connectivity index is 0. The van der Waals surface area contributed by atoms with Crippen molar-refractivity contribution in [3.63, 3.8) is 0 Å². The van der Waals surface area contributed by atoms with Gasteiger partial charge >= 0.3 is 0 Å². The second kappa shape index (κ2) is 11.9. The smallest absolute Gasteiger partial charge is 0.161 e. The zero-order chi connectivity index (χ0) is 6.95. The van der Waals surface area contributed by atoms with Gasteiger partial charge in [0.15, 0.2) is 9.76 Å². The molecule has 0 aromatic rings. The van der Waals surface area contributed by atoms with Gasteiger partial charge in [-0.2, -0.15) is 0 Å². The van der Waals surface area contributed by atoms with Crippen LogP contribution in [0.4, 0.5) is 4.70 Å². The van der Waals surface area contributed by atoms with Crippen molar-refractivity contribution in [1.29, 1.82) is 0 Å². The third-order valence-corrected chi connectivity index (χ3v) is 2.65. The number of unbranched alkanes of at least 4 members (excludes halogenated alkanes) is 3. The van der Waals surface area contributed by atoms with Crippen LogP contribution in [0.25, 0.3) is 0 Å². The zero-order valence-electron chi connectivity index (χ0n) is 7.06. The molecule has 0 fully saturated rings. The fourth-order valence-electron chi connectivity index (χ4n) is 0.850. The summed E-state index contributed by atoms with van der Waals surface area (Å²) in [5.41, 5.74) is 0. The van der Waals surface area contributed by atoms with E-state index in [0.717, 1.165) is 0 Å². The van der Waals surface area contributed by atoms with Crippen molar-refractivity contribution in [3.8, 4) is 0 Å². The highest BCUT2D eigenvalue weighted by atomic mass is 28.2. The average Bonchev–Trinajstić information content (AvgIpc) is 1.89. The minimum absolute atomic E-state index is 0. The molecule has 0 spiro atoms. The van der Waals surface area contributed by atoms with Crippen molar-refractivity contribution in [2.75, 3.05) is 7.11 Å². The molecule has 0 saturated carbocycles. The third-order valence-electron chi connectivity index (χ3n) is 1.45. The summed E-state index contributed by atoms with van der Waals surface area (Å²) in [7, 11) is 1.72. The van der Waals surface area contributed by atoms with Gasteiger partial charge in [-0.05, 0) is 6.04 Å². The lowest BCUT2D eigenvalue weighted by Crippen LogP contribution is -1.91. The lowest BCUT2D eigenvalue weighted by Gasteiger charge is -1.96. The normalized spacial score (nSPS) is 10.2. The zero-order valence-corrected chi connectivity index (χ0v) is 8.47. The van der Waals surface area contributed by atoms with Gasteiger partial charge < -0.3 is 4.43 Å². The topological polar surface area (TPSA) is 9.23 Å². The lowest BCUT2D eigenvalue weighted by molar-refractivity contribution is 0.438. The molecule has 0 N–H and O–H groups in total. The summed E-state index contributed by atoms with van der Waals surface area (Å²) in [6.45, 7) is 2.24. The van der Waals surface area contributed by atoms with E-state index >= 15 is 0 Å². The van der Waals surface area contributed by atoms with Crippen LogP contribution in [0.1, 0.15) is 32.6 Å². The summed E-state index contributed by atoms with van der Waals surface area (Å²) in [5.74, 6) is 0. The van der Waals surface area contributed by atoms with E-state index < -0.39 is 0 Å². The summed E-state index contributed by atoms with van der Waals surface area (Å²) in [4.78, 5) is 0. The second-order valence-electron chi connectivity index (χ2n) is 2.41. The first-order valence-electron chi connectivity index (χ1n) is 3.90. The van der Waals surface area contributed by atoms with Crippen LogP contribution < -0.4 is 0 Å². The molecule has 0 aromatic heterocycles. The van der Waals surface area contributed by atoms with Crippen molar-refractivity contribution in [2.24, 2.45) is 0 Å². The van der Waals surface area contributed by atoms with Crippen LogP contribution in [0, 0.1) is 0 Å². The highest BCUT2D eigenvalue weighted by molar-refractivity contribution is 6.26. The standard InChI is InChI=1S/C7H18OSi.FH/c1-3-4-5-6-7-9-8-2;/h3-7,9H2,1-2H3;1H. The Morgan fingerprint density at radius 2 is 1.90 bits per heavy atom. The van der Waals surface area contributed by atoms with Crippen LogP contribution in [-0.2, 0) is 4.43 Å². The predicted octanol–water partition coefficient (Wildman–Crippen LogP) is 1.87. The predicted molar refractivity (Wildman–Crippen MR) is 47.0 cm³/mol. The Bertz CT molecular complexity index is 46.9. The fraction of sp³-hybridized carbons (Fsp3) is 1.00. The van der Waals surface area contributed by atoms with Gasteiger partial charge in [0.1, 0.15) is 0 Å². The van der Waals surface area contributed by atoms with Gasteiger partial charge in [-0.15, -0.1) is 0 Å². The van der Waals surface area contributed by atoms with E-state index in [0.29, 0.717) is 0 Å². The Morgan fingerprint density at radius 1 is 1.20 bits per heavy atom. The van der Waals surface area contributed by atoms with Crippen LogP contribution in [0.5, 0.6) is 0 Å². The molecule has 0 heterocycles. The summed E-state index contributed by atoms with van der Waals surface area (Å²) in [6, 6.07) is 1.37. The minimum atomic E-state index is -0.106. The van der Waals surface area contributed by atoms with Crippen molar-refractivity contribution < 1.29 is 9.13 Å². The molecule has 0 saturated heterocycles. The maximum atomic E-state index is 5.06. The summed E-state index contributed by atoms with van der Waals surface area (Å²) < 4.78 is 5.06. The average molecular weight is 166 g/mol. The molecule has 0 aromatic carbocycles. The first-order valence-corrected chi connectivity index (χ1v) is 5.48. The molecule has 0 aliphatic carbocycles. The van der Waals surface area contributed by atoms with E-state index in [-0.39, 0.29) is 14.5 Å². The van der Waals surface area contributed by atoms with Crippen LogP contribution in [-0.4, -0.2) is 16.9 Å². The molecule has 10 heavy (non-hydrogen) atoms. The summed E-state index contributed by atoms with van der Waals surface area (Å²) >= 11 is 0. The van der Waals surface area contributed by atoms with Gasteiger partial charge in [0.05, 0.1) is 0 Å². The van der Waals surface area contributed by atoms with Crippen LogP contribution in [0.2, 0.25) is 6.04 Å². The van der Waals surface area contributed by atoms with Crippen molar-refractivity contribution >= 4 is 9.76 Å². The number of rotatable bonds is 6. The fourth-order valence-corrected chi connectivity index (χ4v) is 1.70. The Labute approximate surface area is 65.5 Å². The molecule has 0 radical (unpaired) electrons. The molecule has 0 atom stereocenters. The number of hydrogen-bond acceptors (Lipinski definition) is 1. The SMILES string of the molecule is CCCCCC[SiH2]OC.F. The number of halogens is 1. The highest BCUT2D eigenvalue weighted by Gasteiger charge is 1.87. The van der Waals surface area contributed by atoms with Crippen LogP contribution in [0.15, 0.2) is 0 Å². The Hall–Kier alpha value is 0.107. The van der Waals surface area contributed by atoms with Crippen LogP contribution in [0.3, 0.4) is 0 Å². The van der Waals surface area contributed by atoms with Crippen molar-refractivity contribution in [3.05, 3.63) is 0 Å². The largest absolute Gasteiger partial charge is 0.427 e. The molecule has 3 heteroatoms. The van der Waals surface area contributed by atoms with Gasteiger partial charge in [-0.3, -0.25) is 4.70 Å². The van der Waals surface area contributed by atoms with E-state index in [1.165, 1.54) is 31.7 Å². The van der Waals surface area contributed by atoms with Gasteiger partial charge in [-0.25, -0.2) is 0 Å². The highest BCUT2D eigenvalue weighted by Crippen LogP contribution is 2.01. The van der Waals surface area contributed by atoms with E-state index in [2.05, 4.69) is 6.92 Å². The van der Waals surface area contributed by atoms with Crippen molar-refractivity contribution in [2.45, 2.75) is 38.7 Å². The first kappa shape index (κ1) is 12.8. The molecule has 0 amide bonds. The molecule has 0 bridgehead atoms.